The fraction of sp³-hybridized carbons (Fsp3) is 0.368. The molecular formula is C19H19NO7. The van der Waals surface area contributed by atoms with Crippen LogP contribution in [0.25, 0.3) is 11.0 Å². The molecule has 8 heteroatoms. The lowest BCUT2D eigenvalue weighted by Gasteiger charge is -2.30. The number of carbonyl (C=O) groups is 3. The second kappa shape index (κ2) is 8.03. The summed E-state index contributed by atoms with van der Waals surface area (Å²) in [5.41, 5.74) is -0.0897. The van der Waals surface area contributed by atoms with Crippen LogP contribution >= 0.6 is 0 Å². The minimum Gasteiger partial charge on any atom is -0.469 e. The van der Waals surface area contributed by atoms with Gasteiger partial charge in [0.25, 0.3) is 5.91 Å². The van der Waals surface area contributed by atoms with Crippen molar-refractivity contribution in [2.24, 2.45) is 5.92 Å². The van der Waals surface area contributed by atoms with Crippen molar-refractivity contribution in [1.82, 2.24) is 4.90 Å². The smallest absolute Gasteiger partial charge is 0.374 e. The first-order valence-electron chi connectivity index (χ1n) is 8.55. The molecule has 8 nitrogen and oxygen atoms in total. The fourth-order valence-electron chi connectivity index (χ4n) is 3.03. The Kier molecular flexibility index (Phi) is 5.54. The summed E-state index contributed by atoms with van der Waals surface area (Å²) >= 11 is 0. The maximum atomic E-state index is 12.2. The van der Waals surface area contributed by atoms with Crippen LogP contribution in [0.2, 0.25) is 0 Å². The molecule has 0 atom stereocenters. The van der Waals surface area contributed by atoms with Gasteiger partial charge in [-0.1, -0.05) is 12.1 Å². The van der Waals surface area contributed by atoms with Crippen LogP contribution in [0.1, 0.15) is 23.4 Å². The first-order valence-corrected chi connectivity index (χ1v) is 8.55. The monoisotopic (exact) mass is 373 g/mol. The van der Waals surface area contributed by atoms with Crippen molar-refractivity contribution >= 4 is 28.8 Å². The Morgan fingerprint density at radius 3 is 2.59 bits per heavy atom. The van der Waals surface area contributed by atoms with E-state index in [1.54, 1.807) is 24.3 Å². The minimum atomic E-state index is -0.879. The summed E-state index contributed by atoms with van der Waals surface area (Å²) in [4.78, 5) is 49.4. The lowest BCUT2D eigenvalue weighted by molar-refractivity contribution is -0.149. The molecule has 1 fully saturated rings. The summed E-state index contributed by atoms with van der Waals surface area (Å²) in [5.74, 6) is -1.99. The average Bonchev–Trinajstić information content (AvgIpc) is 2.71. The van der Waals surface area contributed by atoms with E-state index in [-0.39, 0.29) is 34.6 Å². The second-order valence-corrected chi connectivity index (χ2v) is 6.23. The van der Waals surface area contributed by atoms with Gasteiger partial charge in [0.2, 0.25) is 5.76 Å². The van der Waals surface area contributed by atoms with Gasteiger partial charge in [0.15, 0.2) is 12.0 Å². The van der Waals surface area contributed by atoms with Crippen LogP contribution in [0.5, 0.6) is 0 Å². The number of amides is 1. The number of benzene rings is 1. The van der Waals surface area contributed by atoms with Gasteiger partial charge in [0.1, 0.15) is 5.58 Å². The number of likely N-dealkylation sites (tertiary alicyclic amines) is 1. The van der Waals surface area contributed by atoms with E-state index in [2.05, 4.69) is 0 Å². The van der Waals surface area contributed by atoms with E-state index in [0.717, 1.165) is 6.07 Å². The highest BCUT2D eigenvalue weighted by molar-refractivity contribution is 5.90. The van der Waals surface area contributed by atoms with E-state index in [1.165, 1.54) is 12.0 Å². The van der Waals surface area contributed by atoms with Gasteiger partial charge in [-0.2, -0.15) is 0 Å². The second-order valence-electron chi connectivity index (χ2n) is 6.23. The number of methoxy groups -OCH3 is 1. The average molecular weight is 373 g/mol. The van der Waals surface area contributed by atoms with E-state index in [1.807, 2.05) is 0 Å². The van der Waals surface area contributed by atoms with Gasteiger partial charge in [-0.05, 0) is 25.0 Å². The number of carbonyl (C=O) groups excluding carboxylic acids is 3. The molecule has 27 heavy (non-hydrogen) atoms. The van der Waals surface area contributed by atoms with E-state index in [0.29, 0.717) is 31.3 Å². The zero-order valence-corrected chi connectivity index (χ0v) is 14.8. The molecule has 1 aliphatic rings. The summed E-state index contributed by atoms with van der Waals surface area (Å²) in [6, 6.07) is 7.60. The number of hydrogen-bond donors (Lipinski definition) is 0. The fourth-order valence-corrected chi connectivity index (χ4v) is 3.03. The molecule has 0 radical (unpaired) electrons. The molecule has 1 aromatic heterocycles. The number of para-hydroxylation sites is 1. The first-order chi connectivity index (χ1) is 13.0. The third-order valence-electron chi connectivity index (χ3n) is 4.54. The zero-order chi connectivity index (χ0) is 19.4. The maximum absolute atomic E-state index is 12.2. The van der Waals surface area contributed by atoms with Crippen LogP contribution in [0.4, 0.5) is 0 Å². The van der Waals surface area contributed by atoms with Crippen molar-refractivity contribution in [3.05, 3.63) is 46.3 Å². The van der Waals surface area contributed by atoms with E-state index < -0.39 is 12.6 Å². The number of ether oxygens (including phenoxy) is 2. The third kappa shape index (κ3) is 4.16. The lowest BCUT2D eigenvalue weighted by Crippen LogP contribution is -2.42. The molecule has 0 aliphatic carbocycles. The number of nitrogens with zero attached hydrogens (tertiary/aromatic N) is 1. The molecule has 0 bridgehead atoms. The van der Waals surface area contributed by atoms with Gasteiger partial charge in [-0.3, -0.25) is 14.4 Å². The molecule has 1 amide bonds. The highest BCUT2D eigenvalue weighted by atomic mass is 16.5. The summed E-state index contributed by atoms with van der Waals surface area (Å²) in [5, 5.41) is 0.360. The van der Waals surface area contributed by atoms with Crippen LogP contribution < -0.4 is 5.43 Å². The SMILES string of the molecule is COC(=O)C1CCN(C(=O)COC(=O)c2cc(=O)c3ccccc3o2)CC1. The number of hydrogen-bond acceptors (Lipinski definition) is 7. The molecule has 1 saturated heterocycles. The molecule has 142 valence electrons. The van der Waals surface area contributed by atoms with Crippen molar-refractivity contribution in [3.63, 3.8) is 0 Å². The Morgan fingerprint density at radius 1 is 1.19 bits per heavy atom. The maximum Gasteiger partial charge on any atom is 0.374 e. The van der Waals surface area contributed by atoms with Gasteiger partial charge in [-0.25, -0.2) is 4.79 Å². The Hall–Kier alpha value is -3.16. The summed E-state index contributed by atoms with van der Waals surface area (Å²) in [6.45, 7) is 0.320. The molecule has 1 aromatic carbocycles. The molecular weight excluding hydrogens is 354 g/mol. The van der Waals surface area contributed by atoms with Crippen LogP contribution in [0.3, 0.4) is 0 Å². The normalized spacial score (nSPS) is 14.8. The predicted molar refractivity (Wildman–Crippen MR) is 94.1 cm³/mol. The summed E-state index contributed by atoms with van der Waals surface area (Å²) in [6.07, 6.45) is 1.01. The predicted octanol–water partition coefficient (Wildman–Crippen LogP) is 1.36. The highest BCUT2D eigenvalue weighted by Gasteiger charge is 2.28. The molecule has 0 unspecified atom stereocenters. The lowest BCUT2D eigenvalue weighted by atomic mass is 9.97. The quantitative estimate of drug-likeness (QED) is 0.746. The van der Waals surface area contributed by atoms with Crippen molar-refractivity contribution in [2.45, 2.75) is 12.8 Å². The van der Waals surface area contributed by atoms with Crippen molar-refractivity contribution in [2.75, 3.05) is 26.8 Å². The van der Waals surface area contributed by atoms with E-state index in [9.17, 15) is 19.2 Å². The molecule has 2 aromatic rings. The molecule has 0 spiro atoms. The largest absolute Gasteiger partial charge is 0.469 e. The summed E-state index contributed by atoms with van der Waals surface area (Å²) in [7, 11) is 1.34. The van der Waals surface area contributed by atoms with E-state index >= 15 is 0 Å². The molecule has 0 N–H and O–H groups in total. The highest BCUT2D eigenvalue weighted by Crippen LogP contribution is 2.18. The molecule has 3 rings (SSSR count). The first kappa shape index (κ1) is 18.6. The van der Waals surface area contributed by atoms with Crippen molar-refractivity contribution < 1.29 is 28.3 Å². The Labute approximate surface area is 154 Å². The zero-order valence-electron chi connectivity index (χ0n) is 14.8. The summed E-state index contributed by atoms with van der Waals surface area (Å²) < 4.78 is 15.1. The van der Waals surface area contributed by atoms with E-state index in [4.69, 9.17) is 13.9 Å². The number of piperidine rings is 1. The van der Waals surface area contributed by atoms with Crippen LogP contribution in [-0.4, -0.2) is 49.6 Å². The number of rotatable bonds is 4. The van der Waals surface area contributed by atoms with Gasteiger partial charge in [-0.15, -0.1) is 0 Å². The van der Waals surface area contributed by atoms with Crippen molar-refractivity contribution in [1.29, 1.82) is 0 Å². The molecule has 2 heterocycles. The van der Waals surface area contributed by atoms with Crippen molar-refractivity contribution in [3.8, 4) is 0 Å². The van der Waals surface area contributed by atoms with Crippen LogP contribution in [-0.2, 0) is 19.1 Å². The Balaban J connectivity index is 1.57. The minimum absolute atomic E-state index is 0.214. The standard InChI is InChI=1S/C19H19NO7/c1-25-18(23)12-6-8-20(9-7-12)17(22)11-26-19(24)16-10-14(21)13-4-2-3-5-15(13)27-16/h2-5,10,12H,6-9,11H2,1H3. The third-order valence-corrected chi connectivity index (χ3v) is 4.54. The molecule has 1 aliphatic heterocycles. The Bertz CT molecular complexity index is 925. The number of esters is 2. The topological polar surface area (TPSA) is 103 Å². The van der Waals surface area contributed by atoms with Gasteiger partial charge in [0, 0.05) is 19.2 Å². The van der Waals surface area contributed by atoms with Crippen LogP contribution in [0, 0.1) is 5.92 Å². The number of fused-ring (bicyclic) bond motifs is 1. The van der Waals surface area contributed by atoms with Gasteiger partial charge < -0.3 is 18.8 Å². The van der Waals surface area contributed by atoms with Gasteiger partial charge >= 0.3 is 11.9 Å². The molecule has 0 saturated carbocycles. The van der Waals surface area contributed by atoms with Gasteiger partial charge in [0.05, 0.1) is 18.4 Å². The Morgan fingerprint density at radius 2 is 1.89 bits per heavy atom. The van der Waals surface area contributed by atoms with Crippen LogP contribution in [0.15, 0.2) is 39.5 Å².